The molecule has 7 heteroatoms. The zero-order valence-electron chi connectivity index (χ0n) is 21.8. The molecule has 3 aromatic rings. The van der Waals surface area contributed by atoms with Crippen LogP contribution in [-0.2, 0) is 19.4 Å². The lowest BCUT2D eigenvalue weighted by Crippen LogP contribution is -2.49. The first-order chi connectivity index (χ1) is 17.8. The highest BCUT2D eigenvalue weighted by atomic mass is 32.1. The number of nitrogens with zero attached hydrogens (tertiary/aromatic N) is 6. The van der Waals surface area contributed by atoms with Gasteiger partial charge in [0.25, 0.3) is 0 Å². The van der Waals surface area contributed by atoms with Gasteiger partial charge >= 0.3 is 0 Å². The Labute approximate surface area is 219 Å². The van der Waals surface area contributed by atoms with Crippen LogP contribution in [0.1, 0.15) is 48.0 Å². The van der Waals surface area contributed by atoms with Gasteiger partial charge in [0.2, 0.25) is 0 Å². The maximum atomic E-state index is 5.26. The van der Waals surface area contributed by atoms with Crippen molar-refractivity contribution < 1.29 is 0 Å². The molecule has 0 spiro atoms. The van der Waals surface area contributed by atoms with Crippen molar-refractivity contribution in [2.45, 2.75) is 45.6 Å². The molecule has 3 aliphatic heterocycles. The number of thiophene rings is 1. The second kappa shape index (κ2) is 11.1. The van der Waals surface area contributed by atoms with Crippen molar-refractivity contribution in [3.63, 3.8) is 0 Å². The van der Waals surface area contributed by atoms with E-state index < -0.39 is 0 Å². The summed E-state index contributed by atoms with van der Waals surface area (Å²) in [5, 5.41) is 1.35. The normalized spacial score (nSPS) is 20.2. The molecule has 5 heterocycles. The van der Waals surface area contributed by atoms with Gasteiger partial charge in [0.05, 0.1) is 5.39 Å². The Kier molecular flexibility index (Phi) is 7.51. The van der Waals surface area contributed by atoms with Crippen LogP contribution in [0.5, 0.6) is 0 Å². The highest BCUT2D eigenvalue weighted by Crippen LogP contribution is 2.39. The molecule has 2 aromatic heterocycles. The number of likely N-dealkylation sites (N-methyl/N-ethyl adjacent to an activating group) is 1. The first-order valence-corrected chi connectivity index (χ1v) is 14.9. The Morgan fingerprint density at radius 2 is 1.56 bits per heavy atom. The van der Waals surface area contributed by atoms with E-state index in [9.17, 15) is 0 Å². The number of likely N-dealkylation sites (tertiary alicyclic amines) is 1. The van der Waals surface area contributed by atoms with E-state index in [2.05, 4.69) is 56.9 Å². The van der Waals surface area contributed by atoms with E-state index in [0.717, 1.165) is 64.5 Å². The molecule has 0 amide bonds. The third-order valence-corrected chi connectivity index (χ3v) is 9.42. The molecule has 3 aliphatic rings. The fourth-order valence-electron chi connectivity index (χ4n) is 6.08. The van der Waals surface area contributed by atoms with Crippen molar-refractivity contribution in [2.24, 2.45) is 0 Å². The van der Waals surface area contributed by atoms with Gasteiger partial charge in [-0.1, -0.05) is 43.7 Å². The van der Waals surface area contributed by atoms with E-state index in [4.69, 9.17) is 9.97 Å². The first kappa shape index (κ1) is 24.3. The smallest absolute Gasteiger partial charge is 0.141 e. The van der Waals surface area contributed by atoms with Gasteiger partial charge in [-0.25, -0.2) is 9.97 Å². The van der Waals surface area contributed by atoms with Crippen molar-refractivity contribution in [2.75, 3.05) is 70.3 Å². The molecule has 2 saturated heterocycles. The minimum atomic E-state index is 0.795. The van der Waals surface area contributed by atoms with Gasteiger partial charge in [-0.3, -0.25) is 9.80 Å². The van der Waals surface area contributed by atoms with Crippen LogP contribution in [0, 0.1) is 0 Å². The Hall–Kier alpha value is -2.06. The van der Waals surface area contributed by atoms with E-state index in [1.165, 1.54) is 77.5 Å². The van der Waals surface area contributed by atoms with E-state index in [0.29, 0.717) is 0 Å². The summed E-state index contributed by atoms with van der Waals surface area (Å²) in [7, 11) is 0. The molecule has 0 bridgehead atoms. The lowest BCUT2D eigenvalue weighted by atomic mass is 10.0. The fraction of sp³-hybridized carbons (Fsp3) is 0.586. The van der Waals surface area contributed by atoms with Gasteiger partial charge < -0.3 is 9.80 Å². The number of piperidine rings is 1. The molecule has 6 rings (SSSR count). The Morgan fingerprint density at radius 3 is 2.31 bits per heavy atom. The quantitative estimate of drug-likeness (QED) is 0.479. The summed E-state index contributed by atoms with van der Waals surface area (Å²) in [5.74, 6) is 2.16. The van der Waals surface area contributed by atoms with Crippen LogP contribution in [0.4, 0.5) is 5.82 Å². The number of benzene rings is 1. The maximum Gasteiger partial charge on any atom is 0.141 e. The molecule has 0 unspecified atom stereocenters. The Morgan fingerprint density at radius 1 is 0.806 bits per heavy atom. The van der Waals surface area contributed by atoms with Gasteiger partial charge in [0.15, 0.2) is 0 Å². The van der Waals surface area contributed by atoms with Gasteiger partial charge in [-0.2, -0.15) is 0 Å². The average Bonchev–Trinajstić information content (AvgIpc) is 3.30. The van der Waals surface area contributed by atoms with Crippen molar-refractivity contribution in [1.29, 1.82) is 0 Å². The number of hydrogen-bond donors (Lipinski definition) is 0. The minimum absolute atomic E-state index is 0.795. The zero-order valence-corrected chi connectivity index (χ0v) is 22.6. The number of fused-ring (bicyclic) bond motifs is 3. The van der Waals surface area contributed by atoms with Gasteiger partial charge in [0, 0.05) is 63.7 Å². The third-order valence-electron chi connectivity index (χ3n) is 8.31. The van der Waals surface area contributed by atoms with Gasteiger partial charge in [-0.15, -0.1) is 11.3 Å². The number of hydrogen-bond acceptors (Lipinski definition) is 7. The monoisotopic (exact) mass is 504 g/mol. The van der Waals surface area contributed by atoms with Crippen LogP contribution in [0.25, 0.3) is 10.2 Å². The summed E-state index contributed by atoms with van der Waals surface area (Å²) in [6.45, 7) is 15.0. The first-order valence-electron chi connectivity index (χ1n) is 14.0. The Bertz CT molecular complexity index is 1150. The predicted molar refractivity (Wildman–Crippen MR) is 150 cm³/mol. The maximum absolute atomic E-state index is 5.26. The van der Waals surface area contributed by atoms with Crippen molar-refractivity contribution >= 4 is 27.4 Å². The van der Waals surface area contributed by atoms with E-state index in [1.807, 2.05) is 11.3 Å². The molecule has 6 nitrogen and oxygen atoms in total. The zero-order chi connectivity index (χ0) is 24.3. The van der Waals surface area contributed by atoms with Crippen molar-refractivity contribution in [1.82, 2.24) is 24.7 Å². The molecule has 0 aliphatic carbocycles. The van der Waals surface area contributed by atoms with Gasteiger partial charge in [0.1, 0.15) is 16.5 Å². The molecule has 0 radical (unpaired) electrons. The van der Waals surface area contributed by atoms with E-state index >= 15 is 0 Å². The van der Waals surface area contributed by atoms with Crippen LogP contribution >= 0.6 is 11.3 Å². The number of rotatable bonds is 7. The third kappa shape index (κ3) is 5.30. The highest BCUT2D eigenvalue weighted by Gasteiger charge is 2.28. The molecule has 2 fully saturated rings. The molecular weight excluding hydrogens is 464 g/mol. The predicted octanol–water partition coefficient (Wildman–Crippen LogP) is 4.27. The summed E-state index contributed by atoms with van der Waals surface area (Å²) >= 11 is 1.91. The summed E-state index contributed by atoms with van der Waals surface area (Å²) in [6.07, 6.45) is 6.09. The molecule has 0 N–H and O–H groups in total. The second-order valence-electron chi connectivity index (χ2n) is 10.7. The average molecular weight is 505 g/mol. The van der Waals surface area contributed by atoms with Crippen LogP contribution in [-0.4, -0.2) is 90.1 Å². The highest BCUT2D eigenvalue weighted by molar-refractivity contribution is 7.19. The minimum Gasteiger partial charge on any atom is -0.353 e. The number of aromatic nitrogens is 2. The van der Waals surface area contributed by atoms with Crippen LogP contribution in [0.2, 0.25) is 0 Å². The van der Waals surface area contributed by atoms with E-state index in [-0.39, 0.29) is 0 Å². The molecule has 0 atom stereocenters. The molecule has 1 aromatic carbocycles. The van der Waals surface area contributed by atoms with Crippen LogP contribution < -0.4 is 4.90 Å². The molecule has 192 valence electrons. The summed E-state index contributed by atoms with van der Waals surface area (Å²) in [5.41, 5.74) is 2.80. The summed E-state index contributed by atoms with van der Waals surface area (Å²) in [4.78, 5) is 23.5. The molecule has 0 saturated carbocycles. The lowest BCUT2D eigenvalue weighted by molar-refractivity contribution is 0.176. The second-order valence-corrected chi connectivity index (χ2v) is 11.7. The SMILES string of the molecule is CCN1CCc2c(sc3nc(Cc4ccccc4)nc(N4CCN(CCN5CCCCC5)CC4)c23)C1. The standard InChI is InChI=1S/C29H40N6S/c1-2-32-14-11-24-25(22-32)36-29-27(24)28(30-26(31-29)21-23-9-5-3-6-10-23)35-19-17-34(18-20-35)16-15-33-12-7-4-8-13-33/h3,5-6,9-10H,2,4,7-8,11-22H2,1H3. The largest absolute Gasteiger partial charge is 0.353 e. The number of piperazine rings is 1. The summed E-state index contributed by atoms with van der Waals surface area (Å²) in [6, 6.07) is 10.7. The topological polar surface area (TPSA) is 38.7 Å². The lowest BCUT2D eigenvalue weighted by Gasteiger charge is -2.37. The molecule has 36 heavy (non-hydrogen) atoms. The number of anilines is 1. The van der Waals surface area contributed by atoms with Crippen molar-refractivity contribution in [3.05, 3.63) is 52.2 Å². The van der Waals surface area contributed by atoms with E-state index in [1.54, 1.807) is 0 Å². The van der Waals surface area contributed by atoms with Gasteiger partial charge in [-0.05, 0) is 50.0 Å². The fourth-order valence-corrected chi connectivity index (χ4v) is 7.35. The summed E-state index contributed by atoms with van der Waals surface area (Å²) < 4.78 is 0. The molecular formula is C29H40N6S. The van der Waals surface area contributed by atoms with Crippen molar-refractivity contribution in [3.8, 4) is 0 Å². The Balaban J connectivity index is 1.23. The van der Waals surface area contributed by atoms with Crippen LogP contribution in [0.3, 0.4) is 0 Å². The van der Waals surface area contributed by atoms with Crippen LogP contribution in [0.15, 0.2) is 30.3 Å².